The number of carbonyl (C=O) groups is 2. The Bertz CT molecular complexity index is 952. The van der Waals surface area contributed by atoms with Crippen LogP contribution in [0.4, 0.5) is 0 Å². The summed E-state index contributed by atoms with van der Waals surface area (Å²) < 4.78 is 5.20. The van der Waals surface area contributed by atoms with E-state index in [4.69, 9.17) is 10.00 Å². The summed E-state index contributed by atoms with van der Waals surface area (Å²) in [7, 11) is 0. The van der Waals surface area contributed by atoms with Gasteiger partial charge >= 0.3 is 5.97 Å². The van der Waals surface area contributed by atoms with Crippen molar-refractivity contribution >= 4 is 28.8 Å². The molecule has 0 bridgehead atoms. The maximum absolute atomic E-state index is 12.7. The van der Waals surface area contributed by atoms with E-state index in [0.29, 0.717) is 29.4 Å². The highest BCUT2D eigenvalue weighted by atomic mass is 32.2. The zero-order valence-electron chi connectivity index (χ0n) is 16.2. The number of ether oxygens (including phenoxy) is 1. The summed E-state index contributed by atoms with van der Waals surface area (Å²) in [4.78, 5) is 31.3. The molecule has 2 aromatic carbocycles. The lowest BCUT2D eigenvalue weighted by Gasteiger charge is -2.24. The maximum atomic E-state index is 12.7. The number of amides is 1. The van der Waals surface area contributed by atoms with Crippen LogP contribution < -0.4 is 0 Å². The van der Waals surface area contributed by atoms with E-state index in [9.17, 15) is 9.59 Å². The predicted molar refractivity (Wildman–Crippen MR) is 112 cm³/mol. The number of aliphatic imine (C=N–C) groups is 1. The lowest BCUT2D eigenvalue weighted by Crippen LogP contribution is -2.38. The number of amidine groups is 1. The summed E-state index contributed by atoms with van der Waals surface area (Å²) in [5.41, 5.74) is 1.93. The van der Waals surface area contributed by atoms with Gasteiger partial charge in [-0.05, 0) is 43.7 Å². The average molecular weight is 407 g/mol. The van der Waals surface area contributed by atoms with Gasteiger partial charge in [-0.3, -0.25) is 9.59 Å². The van der Waals surface area contributed by atoms with Gasteiger partial charge in [-0.25, -0.2) is 0 Å². The first-order chi connectivity index (χ1) is 14.0. The second-order valence-electron chi connectivity index (χ2n) is 6.53. The number of nitrogens with zero attached hydrogens (tertiary/aromatic N) is 3. The molecule has 0 saturated carbocycles. The highest BCUT2D eigenvalue weighted by molar-refractivity contribution is 8.15. The van der Waals surface area contributed by atoms with Gasteiger partial charge in [-0.1, -0.05) is 42.1 Å². The maximum Gasteiger partial charge on any atom is 0.321 e. The van der Waals surface area contributed by atoms with Gasteiger partial charge in [0.15, 0.2) is 5.17 Å². The molecule has 2 atom stereocenters. The molecule has 1 heterocycles. The van der Waals surface area contributed by atoms with Crippen molar-refractivity contribution < 1.29 is 14.3 Å². The number of nitriles is 1. The van der Waals surface area contributed by atoms with Gasteiger partial charge in [0.1, 0.15) is 5.25 Å². The van der Waals surface area contributed by atoms with Gasteiger partial charge in [-0.2, -0.15) is 10.3 Å². The Kier molecular flexibility index (Phi) is 6.68. The average Bonchev–Trinajstić information content (AvgIpc) is 3.04. The fourth-order valence-corrected chi connectivity index (χ4v) is 4.24. The van der Waals surface area contributed by atoms with Gasteiger partial charge in [-0.15, -0.1) is 0 Å². The van der Waals surface area contributed by atoms with Crippen molar-refractivity contribution in [2.24, 2.45) is 4.99 Å². The molecule has 1 amide bonds. The van der Waals surface area contributed by atoms with Crippen molar-refractivity contribution in [1.82, 2.24) is 4.90 Å². The Morgan fingerprint density at radius 2 is 1.86 bits per heavy atom. The number of benzene rings is 2. The summed E-state index contributed by atoms with van der Waals surface area (Å²) >= 11 is 1.25. The Morgan fingerprint density at radius 3 is 2.48 bits per heavy atom. The molecule has 2 unspecified atom stereocenters. The number of esters is 1. The number of hydrogen-bond acceptors (Lipinski definition) is 5. The van der Waals surface area contributed by atoms with Crippen LogP contribution in [0.2, 0.25) is 0 Å². The molecule has 0 N–H and O–H groups in total. The van der Waals surface area contributed by atoms with Crippen LogP contribution in [0.1, 0.15) is 35.3 Å². The van der Waals surface area contributed by atoms with E-state index >= 15 is 0 Å². The highest BCUT2D eigenvalue weighted by Gasteiger charge is 2.42. The molecule has 1 saturated heterocycles. The van der Waals surface area contributed by atoms with E-state index in [1.165, 1.54) is 11.8 Å². The molecule has 0 spiro atoms. The molecular formula is C22H21N3O3S. The summed E-state index contributed by atoms with van der Waals surface area (Å²) in [6.07, 6.45) is 0. The van der Waals surface area contributed by atoms with Crippen LogP contribution in [0.15, 0.2) is 59.6 Å². The van der Waals surface area contributed by atoms with E-state index in [1.54, 1.807) is 31.2 Å². The van der Waals surface area contributed by atoms with Crippen LogP contribution in [0.5, 0.6) is 0 Å². The number of hydrogen-bond donors (Lipinski definition) is 0. The first kappa shape index (κ1) is 20.6. The molecule has 1 aliphatic rings. The Morgan fingerprint density at radius 1 is 1.17 bits per heavy atom. The minimum atomic E-state index is -0.453. The lowest BCUT2D eigenvalue weighted by atomic mass is 10.1. The molecule has 0 aliphatic carbocycles. The molecule has 7 heteroatoms. The first-order valence-corrected chi connectivity index (χ1v) is 10.2. The van der Waals surface area contributed by atoms with Gasteiger partial charge in [0.05, 0.1) is 24.3 Å². The van der Waals surface area contributed by atoms with Crippen molar-refractivity contribution in [2.45, 2.75) is 31.7 Å². The van der Waals surface area contributed by atoms with Crippen LogP contribution in [0, 0.1) is 11.3 Å². The standard InChI is InChI=1S/C22H21N3O3S/c1-3-28-21(27)19-15(2)25(14-17-7-5-4-6-8-17)22(29-19)24-20(26)18-11-9-16(13-23)10-12-18/h4-12,15,19H,3,14H2,1-2H3. The second kappa shape index (κ2) is 9.39. The van der Waals surface area contributed by atoms with E-state index in [0.717, 1.165) is 5.56 Å². The molecule has 6 nitrogen and oxygen atoms in total. The minimum Gasteiger partial charge on any atom is -0.465 e. The lowest BCUT2D eigenvalue weighted by molar-refractivity contribution is -0.143. The van der Waals surface area contributed by atoms with Crippen LogP contribution in [-0.2, 0) is 16.1 Å². The largest absolute Gasteiger partial charge is 0.465 e. The molecule has 1 aliphatic heterocycles. The monoisotopic (exact) mass is 407 g/mol. The quantitative estimate of drug-likeness (QED) is 0.704. The first-order valence-electron chi connectivity index (χ1n) is 9.30. The fourth-order valence-electron chi connectivity index (χ4n) is 3.01. The van der Waals surface area contributed by atoms with Crippen molar-refractivity contribution in [1.29, 1.82) is 5.26 Å². The smallest absolute Gasteiger partial charge is 0.321 e. The van der Waals surface area contributed by atoms with Crippen molar-refractivity contribution in [3.8, 4) is 6.07 Å². The van der Waals surface area contributed by atoms with Crippen LogP contribution in [-0.4, -0.2) is 39.8 Å². The van der Waals surface area contributed by atoms with E-state index in [1.807, 2.05) is 48.2 Å². The van der Waals surface area contributed by atoms with Gasteiger partial charge in [0.25, 0.3) is 5.91 Å². The van der Waals surface area contributed by atoms with Crippen molar-refractivity contribution in [3.05, 3.63) is 71.3 Å². The summed E-state index contributed by atoms with van der Waals surface area (Å²) in [6.45, 7) is 4.54. The molecule has 0 radical (unpaired) electrons. The van der Waals surface area contributed by atoms with Crippen LogP contribution in [0.25, 0.3) is 0 Å². The normalized spacial score (nSPS) is 19.8. The summed E-state index contributed by atoms with van der Waals surface area (Å²) in [6, 6.07) is 18.0. The zero-order valence-corrected chi connectivity index (χ0v) is 17.1. The summed E-state index contributed by atoms with van der Waals surface area (Å²) in [5, 5.41) is 8.95. The Hall–Kier alpha value is -3.11. The third kappa shape index (κ3) is 4.84. The molecule has 1 fully saturated rings. The van der Waals surface area contributed by atoms with Gasteiger partial charge in [0, 0.05) is 12.1 Å². The third-order valence-electron chi connectivity index (χ3n) is 4.58. The van der Waals surface area contributed by atoms with Crippen molar-refractivity contribution in [3.63, 3.8) is 0 Å². The Balaban J connectivity index is 1.88. The third-order valence-corrected chi connectivity index (χ3v) is 5.96. The number of thioether (sulfide) groups is 1. The van der Waals surface area contributed by atoms with Crippen LogP contribution >= 0.6 is 11.8 Å². The zero-order chi connectivity index (χ0) is 20.8. The van der Waals surface area contributed by atoms with Gasteiger partial charge in [0.2, 0.25) is 0 Å². The number of carbonyl (C=O) groups excluding carboxylic acids is 2. The summed E-state index contributed by atoms with van der Waals surface area (Å²) in [5.74, 6) is -0.717. The number of rotatable bonds is 5. The van der Waals surface area contributed by atoms with Crippen molar-refractivity contribution in [2.75, 3.05) is 6.61 Å². The molecule has 3 rings (SSSR count). The molecule has 29 heavy (non-hydrogen) atoms. The SMILES string of the molecule is CCOC(=O)C1SC(=NC(=O)c2ccc(C#N)cc2)N(Cc2ccccc2)C1C. The minimum absolute atomic E-state index is 0.174. The molecule has 148 valence electrons. The van der Waals surface area contributed by atoms with E-state index in [2.05, 4.69) is 4.99 Å². The van der Waals surface area contributed by atoms with E-state index < -0.39 is 11.2 Å². The van der Waals surface area contributed by atoms with Gasteiger partial charge < -0.3 is 9.64 Å². The Labute approximate surface area is 174 Å². The molecular weight excluding hydrogens is 386 g/mol. The molecule has 2 aromatic rings. The predicted octanol–water partition coefficient (Wildman–Crippen LogP) is 3.62. The highest BCUT2D eigenvalue weighted by Crippen LogP contribution is 2.34. The molecule has 0 aromatic heterocycles. The fraction of sp³-hybridized carbons (Fsp3) is 0.273. The topological polar surface area (TPSA) is 82.8 Å². The van der Waals surface area contributed by atoms with Crippen LogP contribution in [0.3, 0.4) is 0 Å². The van der Waals surface area contributed by atoms with E-state index in [-0.39, 0.29) is 12.0 Å². The second-order valence-corrected chi connectivity index (χ2v) is 7.64.